The third-order valence-electron chi connectivity index (χ3n) is 3.92. The van der Waals surface area contributed by atoms with Crippen LogP contribution >= 0.6 is 11.3 Å². The van der Waals surface area contributed by atoms with Crippen molar-refractivity contribution in [3.8, 4) is 11.3 Å². The molecular formula is C15H14N4O2S. The van der Waals surface area contributed by atoms with Crippen molar-refractivity contribution in [3.05, 3.63) is 40.9 Å². The van der Waals surface area contributed by atoms with E-state index in [0.717, 1.165) is 24.1 Å². The molecule has 3 heterocycles. The zero-order valence-electron chi connectivity index (χ0n) is 12.2. The summed E-state index contributed by atoms with van der Waals surface area (Å²) in [6.45, 7) is 0. The lowest BCUT2D eigenvalue weighted by atomic mass is 10.0. The van der Waals surface area contributed by atoms with Crippen LogP contribution in [0.1, 0.15) is 21.1 Å². The first-order chi connectivity index (χ1) is 10.6. The number of rotatable bonds is 2. The number of fused-ring (bicyclic) bond motifs is 3. The first kappa shape index (κ1) is 13.3. The molecule has 1 aliphatic carbocycles. The normalized spacial score (nSPS) is 12.8. The maximum absolute atomic E-state index is 12.4. The van der Waals surface area contributed by atoms with Crippen LogP contribution in [0, 0.1) is 0 Å². The minimum Gasteiger partial charge on any atom is -0.459 e. The largest absolute Gasteiger partial charge is 0.459 e. The fraction of sp³-hybridized carbons (Fsp3) is 0.267. The van der Waals surface area contributed by atoms with Gasteiger partial charge in [0.25, 0.3) is 5.91 Å². The molecule has 3 aromatic heterocycles. The second-order valence-electron chi connectivity index (χ2n) is 5.24. The summed E-state index contributed by atoms with van der Waals surface area (Å²) in [5, 5.41) is 5.00. The van der Waals surface area contributed by atoms with Crippen molar-refractivity contribution in [2.75, 3.05) is 11.9 Å². The maximum Gasteiger partial charge on any atom is 0.295 e. The van der Waals surface area contributed by atoms with Crippen molar-refractivity contribution < 1.29 is 9.21 Å². The summed E-state index contributed by atoms with van der Waals surface area (Å²) in [5.41, 5.74) is 3.22. The Labute approximate surface area is 131 Å². The lowest BCUT2D eigenvalue weighted by molar-refractivity contribution is 0.0966. The van der Waals surface area contributed by atoms with Gasteiger partial charge in [-0.1, -0.05) is 0 Å². The monoisotopic (exact) mass is 314 g/mol. The molecule has 0 aromatic carbocycles. The second kappa shape index (κ2) is 4.81. The van der Waals surface area contributed by atoms with E-state index in [1.807, 2.05) is 17.9 Å². The number of hydrogen-bond donors (Lipinski definition) is 0. The molecule has 3 aromatic rings. The van der Waals surface area contributed by atoms with Gasteiger partial charge in [0.1, 0.15) is 0 Å². The molecule has 7 heteroatoms. The molecule has 0 atom stereocenters. The number of carbonyl (C=O) groups is 1. The third kappa shape index (κ3) is 1.89. The number of aryl methyl sites for hydroxylation is 2. The van der Waals surface area contributed by atoms with Crippen molar-refractivity contribution in [2.45, 2.75) is 12.8 Å². The molecule has 0 bridgehead atoms. The molecule has 0 radical (unpaired) electrons. The first-order valence-corrected chi connectivity index (χ1v) is 7.79. The number of carbonyl (C=O) groups excluding carboxylic acids is 1. The van der Waals surface area contributed by atoms with Gasteiger partial charge in [0.2, 0.25) is 0 Å². The minimum absolute atomic E-state index is 0.192. The van der Waals surface area contributed by atoms with Crippen molar-refractivity contribution in [1.29, 1.82) is 0 Å². The summed E-state index contributed by atoms with van der Waals surface area (Å²) >= 11 is 1.56. The van der Waals surface area contributed by atoms with Crippen LogP contribution in [0.15, 0.2) is 29.0 Å². The van der Waals surface area contributed by atoms with Gasteiger partial charge in [-0.15, -0.1) is 11.3 Å². The van der Waals surface area contributed by atoms with E-state index in [9.17, 15) is 4.79 Å². The highest BCUT2D eigenvalue weighted by atomic mass is 32.1. The van der Waals surface area contributed by atoms with E-state index in [1.165, 1.54) is 21.7 Å². The fourth-order valence-corrected chi connectivity index (χ4v) is 3.74. The van der Waals surface area contributed by atoms with Crippen LogP contribution in [0.4, 0.5) is 5.13 Å². The molecule has 0 unspecified atom stereocenters. The Kier molecular flexibility index (Phi) is 2.90. The zero-order chi connectivity index (χ0) is 15.3. The molecule has 0 spiro atoms. The average Bonchev–Trinajstić information content (AvgIpc) is 3.24. The predicted molar refractivity (Wildman–Crippen MR) is 83.2 cm³/mol. The van der Waals surface area contributed by atoms with Crippen LogP contribution in [0.5, 0.6) is 0 Å². The Bertz CT molecular complexity index is 847. The van der Waals surface area contributed by atoms with E-state index >= 15 is 0 Å². The highest BCUT2D eigenvalue weighted by Gasteiger charge is 2.26. The van der Waals surface area contributed by atoms with Crippen molar-refractivity contribution in [2.24, 2.45) is 7.05 Å². The highest BCUT2D eigenvalue weighted by Crippen LogP contribution is 2.39. The van der Waals surface area contributed by atoms with Crippen LogP contribution in [0.3, 0.4) is 0 Å². The predicted octanol–water partition coefficient (Wildman–Crippen LogP) is 2.51. The number of aromatic nitrogens is 3. The molecule has 0 saturated heterocycles. The van der Waals surface area contributed by atoms with Crippen molar-refractivity contribution in [1.82, 2.24) is 14.8 Å². The molecule has 1 aliphatic rings. The molecule has 1 amide bonds. The van der Waals surface area contributed by atoms with E-state index in [1.54, 1.807) is 30.5 Å². The molecule has 22 heavy (non-hydrogen) atoms. The quantitative estimate of drug-likeness (QED) is 0.729. The van der Waals surface area contributed by atoms with Gasteiger partial charge in [0.15, 0.2) is 10.9 Å². The van der Waals surface area contributed by atoms with Gasteiger partial charge in [0.05, 0.1) is 18.2 Å². The minimum atomic E-state index is -0.192. The Morgan fingerprint density at radius 3 is 3.09 bits per heavy atom. The standard InChI is InChI=1S/C15H14N4O2S/c1-18(14(20)11-4-3-7-21-11)15-17-13-9-8-16-19(2)10(9)5-6-12(13)22-15/h3-4,7-8H,5-6H2,1-2H3. The molecule has 0 saturated carbocycles. The van der Waals surface area contributed by atoms with E-state index in [-0.39, 0.29) is 5.91 Å². The van der Waals surface area contributed by atoms with E-state index in [2.05, 4.69) is 10.1 Å². The third-order valence-corrected chi connectivity index (χ3v) is 5.11. The molecular weight excluding hydrogens is 300 g/mol. The lowest BCUT2D eigenvalue weighted by Crippen LogP contribution is -2.25. The van der Waals surface area contributed by atoms with E-state index in [0.29, 0.717) is 10.9 Å². The second-order valence-corrected chi connectivity index (χ2v) is 6.30. The topological polar surface area (TPSA) is 64.2 Å². The highest BCUT2D eigenvalue weighted by molar-refractivity contribution is 7.16. The molecule has 0 N–H and O–H groups in total. The number of furan rings is 1. The van der Waals surface area contributed by atoms with Crippen LogP contribution in [0.25, 0.3) is 11.3 Å². The molecule has 112 valence electrons. The maximum atomic E-state index is 12.4. The summed E-state index contributed by atoms with van der Waals surface area (Å²) in [5.74, 6) is 0.125. The smallest absolute Gasteiger partial charge is 0.295 e. The van der Waals surface area contributed by atoms with Crippen molar-refractivity contribution >= 4 is 22.4 Å². The Balaban J connectivity index is 1.71. The summed E-state index contributed by atoms with van der Waals surface area (Å²) in [7, 11) is 3.67. The Morgan fingerprint density at radius 1 is 1.45 bits per heavy atom. The number of nitrogens with zero attached hydrogens (tertiary/aromatic N) is 4. The summed E-state index contributed by atoms with van der Waals surface area (Å²) in [4.78, 5) is 19.8. The van der Waals surface area contributed by atoms with E-state index in [4.69, 9.17) is 4.42 Å². The first-order valence-electron chi connectivity index (χ1n) is 6.97. The number of anilines is 1. The zero-order valence-corrected chi connectivity index (χ0v) is 13.1. The molecule has 0 aliphatic heterocycles. The fourth-order valence-electron chi connectivity index (χ4n) is 2.70. The lowest BCUT2D eigenvalue weighted by Gasteiger charge is -2.11. The van der Waals surface area contributed by atoms with E-state index < -0.39 is 0 Å². The summed E-state index contributed by atoms with van der Waals surface area (Å²) < 4.78 is 7.07. The average molecular weight is 314 g/mol. The van der Waals surface area contributed by atoms with Crippen molar-refractivity contribution in [3.63, 3.8) is 0 Å². The van der Waals surface area contributed by atoms with Gasteiger partial charge in [-0.3, -0.25) is 14.4 Å². The summed E-state index contributed by atoms with van der Waals surface area (Å²) in [6, 6.07) is 3.36. The van der Waals surface area contributed by atoms with Crippen LogP contribution in [-0.2, 0) is 19.9 Å². The van der Waals surface area contributed by atoms with Gasteiger partial charge in [-0.05, 0) is 25.0 Å². The van der Waals surface area contributed by atoms with Gasteiger partial charge in [-0.25, -0.2) is 4.98 Å². The Hall–Kier alpha value is -2.41. The van der Waals surface area contributed by atoms with Crippen LogP contribution < -0.4 is 4.90 Å². The SMILES string of the molecule is CN(C(=O)c1ccco1)c1nc2c(s1)CCc1c-2cnn1C. The van der Waals surface area contributed by atoms with Gasteiger partial charge < -0.3 is 4.42 Å². The molecule has 0 fully saturated rings. The molecule has 4 rings (SSSR count). The van der Waals surface area contributed by atoms with Gasteiger partial charge in [0, 0.05) is 30.2 Å². The van der Waals surface area contributed by atoms with Crippen LogP contribution in [0.2, 0.25) is 0 Å². The molecule has 6 nitrogen and oxygen atoms in total. The number of thiazole rings is 1. The summed E-state index contributed by atoms with van der Waals surface area (Å²) in [6.07, 6.45) is 5.24. The van der Waals surface area contributed by atoms with Gasteiger partial charge >= 0.3 is 0 Å². The van der Waals surface area contributed by atoms with Gasteiger partial charge in [-0.2, -0.15) is 5.10 Å². The number of amides is 1. The van der Waals surface area contributed by atoms with Crippen LogP contribution in [-0.4, -0.2) is 27.7 Å². The number of hydrogen-bond acceptors (Lipinski definition) is 5. The Morgan fingerprint density at radius 2 is 2.32 bits per heavy atom.